The highest BCUT2D eigenvalue weighted by atomic mass is 32.2. The lowest BCUT2D eigenvalue weighted by Gasteiger charge is -2.54. The molecule has 0 saturated heterocycles. The molecule has 4 aliphatic rings. The Morgan fingerprint density at radius 2 is 1.73 bits per heavy atom. The highest BCUT2D eigenvalue weighted by Gasteiger charge is 2.48. The minimum absolute atomic E-state index is 0.0262. The Morgan fingerprint density at radius 1 is 1.12 bits per heavy atom. The molecule has 0 aliphatic heterocycles. The molecule has 1 aromatic rings. The van der Waals surface area contributed by atoms with E-state index in [0.717, 1.165) is 17.5 Å². The summed E-state index contributed by atoms with van der Waals surface area (Å²) in [6.45, 7) is 0. The first-order valence-electron chi connectivity index (χ1n) is 9.35. The number of amidine groups is 1. The molecule has 2 N–H and O–H groups in total. The molecule has 0 unspecified atom stereocenters. The Balaban J connectivity index is 1.42. The van der Waals surface area contributed by atoms with Gasteiger partial charge < -0.3 is 5.32 Å². The maximum atomic E-state index is 12.7. The number of nitrogens with zero attached hydrogens (tertiary/aromatic N) is 2. The summed E-state index contributed by atoms with van der Waals surface area (Å²) in [5.74, 6) is 3.21. The standard InChI is InChI=1S/C20H24N4OS/c1-26-20(22-11-21)23-17-4-2-14(3-5-17)19(25)24-18-15-7-12-6-13(9-15)10-16(18)8-12/h2-5,12-13,15-16,18H,6-10H2,1H3,(H,22,23)(H,24,25). The van der Waals surface area contributed by atoms with Crippen molar-refractivity contribution < 1.29 is 4.79 Å². The van der Waals surface area contributed by atoms with E-state index in [1.165, 1.54) is 43.9 Å². The molecule has 0 heterocycles. The zero-order valence-corrected chi connectivity index (χ0v) is 15.8. The number of carbonyl (C=O) groups excluding carboxylic acids is 1. The fourth-order valence-corrected chi connectivity index (χ4v) is 5.72. The summed E-state index contributed by atoms with van der Waals surface area (Å²) in [4.78, 5) is 17.1. The van der Waals surface area contributed by atoms with Gasteiger partial charge in [0.25, 0.3) is 5.91 Å². The number of hydrogen-bond acceptors (Lipinski definition) is 4. The van der Waals surface area contributed by atoms with E-state index in [1.54, 1.807) is 0 Å². The second-order valence-corrected chi connectivity index (χ2v) is 8.63. The van der Waals surface area contributed by atoms with Gasteiger partial charge in [0, 0.05) is 11.6 Å². The first kappa shape index (κ1) is 17.4. The fourth-order valence-electron chi connectivity index (χ4n) is 5.37. The average Bonchev–Trinajstić information content (AvgIpc) is 2.64. The van der Waals surface area contributed by atoms with Gasteiger partial charge in [-0.15, -0.1) is 0 Å². The van der Waals surface area contributed by atoms with E-state index in [4.69, 9.17) is 5.26 Å². The van der Waals surface area contributed by atoms with Crippen LogP contribution in [0.4, 0.5) is 5.69 Å². The van der Waals surface area contributed by atoms with Crippen LogP contribution in [0.25, 0.3) is 0 Å². The summed E-state index contributed by atoms with van der Waals surface area (Å²) < 4.78 is 0. The number of hydrogen-bond donors (Lipinski definition) is 2. The molecule has 0 atom stereocenters. The number of aliphatic imine (C=N–C) groups is 1. The third-order valence-corrected chi connectivity index (χ3v) is 6.82. The molecular formula is C20H24N4OS. The van der Waals surface area contributed by atoms with Gasteiger partial charge in [0.05, 0.1) is 5.69 Å². The maximum Gasteiger partial charge on any atom is 0.251 e. The Labute approximate surface area is 158 Å². The van der Waals surface area contributed by atoms with Gasteiger partial charge in [0.1, 0.15) is 0 Å². The first-order valence-corrected chi connectivity index (χ1v) is 10.6. The summed E-state index contributed by atoms with van der Waals surface area (Å²) in [6, 6.07) is 7.63. The molecule has 26 heavy (non-hydrogen) atoms. The predicted molar refractivity (Wildman–Crippen MR) is 104 cm³/mol. The second kappa shape index (κ2) is 7.32. The van der Waals surface area contributed by atoms with E-state index < -0.39 is 0 Å². The molecule has 136 valence electrons. The Bertz CT molecular complexity index is 724. The summed E-state index contributed by atoms with van der Waals surface area (Å²) in [6.07, 6.45) is 10.4. The van der Waals surface area contributed by atoms with Gasteiger partial charge in [-0.2, -0.15) is 5.26 Å². The normalized spacial score (nSPS) is 32.2. The van der Waals surface area contributed by atoms with Gasteiger partial charge in [0.15, 0.2) is 11.4 Å². The molecule has 0 aromatic heterocycles. The lowest BCUT2D eigenvalue weighted by atomic mass is 9.54. The first-order chi connectivity index (χ1) is 12.7. The number of amides is 1. The molecule has 0 radical (unpaired) electrons. The molecule has 4 saturated carbocycles. The Hall–Kier alpha value is -2.00. The van der Waals surface area contributed by atoms with Crippen LogP contribution >= 0.6 is 11.8 Å². The van der Waals surface area contributed by atoms with Crippen molar-refractivity contribution in [3.8, 4) is 6.19 Å². The maximum absolute atomic E-state index is 12.7. The quantitative estimate of drug-likeness (QED) is 0.369. The molecule has 4 bridgehead atoms. The van der Waals surface area contributed by atoms with Crippen molar-refractivity contribution in [1.82, 2.24) is 10.6 Å². The van der Waals surface area contributed by atoms with E-state index in [-0.39, 0.29) is 5.91 Å². The van der Waals surface area contributed by atoms with E-state index in [9.17, 15) is 4.79 Å². The van der Waals surface area contributed by atoms with Gasteiger partial charge in [-0.05, 0) is 86.3 Å². The number of benzene rings is 1. The van der Waals surface area contributed by atoms with E-state index in [2.05, 4.69) is 15.6 Å². The van der Waals surface area contributed by atoms with Crippen LogP contribution in [0.3, 0.4) is 0 Å². The largest absolute Gasteiger partial charge is 0.349 e. The number of nitriles is 1. The third-order valence-electron chi connectivity index (χ3n) is 6.24. The highest BCUT2D eigenvalue weighted by Crippen LogP contribution is 2.53. The van der Waals surface area contributed by atoms with Crippen molar-refractivity contribution in [1.29, 1.82) is 5.26 Å². The molecular weight excluding hydrogens is 344 g/mol. The zero-order chi connectivity index (χ0) is 18.1. The molecule has 6 heteroatoms. The van der Waals surface area contributed by atoms with Crippen LogP contribution in [0.1, 0.15) is 42.5 Å². The Kier molecular flexibility index (Phi) is 4.90. The molecule has 1 amide bonds. The van der Waals surface area contributed by atoms with Gasteiger partial charge in [-0.1, -0.05) is 11.8 Å². The number of rotatable bonds is 3. The lowest BCUT2D eigenvalue weighted by Crippen LogP contribution is -2.55. The number of nitrogens with one attached hydrogen (secondary N) is 2. The molecule has 4 fully saturated rings. The van der Waals surface area contributed by atoms with E-state index in [0.29, 0.717) is 28.6 Å². The van der Waals surface area contributed by atoms with Crippen LogP contribution < -0.4 is 10.6 Å². The van der Waals surface area contributed by atoms with Crippen molar-refractivity contribution in [2.45, 2.75) is 38.1 Å². The van der Waals surface area contributed by atoms with Gasteiger partial charge in [0.2, 0.25) is 0 Å². The summed E-state index contributed by atoms with van der Waals surface area (Å²) >= 11 is 1.37. The van der Waals surface area contributed by atoms with Crippen LogP contribution in [0.15, 0.2) is 29.3 Å². The molecule has 5 rings (SSSR count). The molecule has 4 aliphatic carbocycles. The monoisotopic (exact) mass is 368 g/mol. The van der Waals surface area contributed by atoms with Crippen LogP contribution in [-0.2, 0) is 0 Å². The average molecular weight is 369 g/mol. The molecule has 0 spiro atoms. The number of carbonyl (C=O) groups is 1. The minimum atomic E-state index is 0.0262. The number of thioether (sulfide) groups is 1. The Morgan fingerprint density at radius 3 is 2.27 bits per heavy atom. The fraction of sp³-hybridized carbons (Fsp3) is 0.550. The molecule has 5 nitrogen and oxygen atoms in total. The van der Waals surface area contributed by atoms with Gasteiger partial charge in [-0.25, -0.2) is 4.99 Å². The SMILES string of the molecule is CSC(=Nc1ccc(C(=O)NC2C3CC4CC(C3)CC2C4)cc1)NC#N. The summed E-state index contributed by atoms with van der Waals surface area (Å²) in [7, 11) is 0. The van der Waals surface area contributed by atoms with Crippen LogP contribution in [0.5, 0.6) is 0 Å². The minimum Gasteiger partial charge on any atom is -0.349 e. The molecule has 1 aromatic carbocycles. The van der Waals surface area contributed by atoms with Crippen LogP contribution in [0.2, 0.25) is 0 Å². The van der Waals surface area contributed by atoms with Crippen LogP contribution in [0, 0.1) is 35.1 Å². The summed E-state index contributed by atoms with van der Waals surface area (Å²) in [5.41, 5.74) is 1.40. The van der Waals surface area contributed by atoms with Crippen molar-refractivity contribution in [3.63, 3.8) is 0 Å². The van der Waals surface area contributed by atoms with Crippen molar-refractivity contribution >= 4 is 28.5 Å². The zero-order valence-electron chi connectivity index (χ0n) is 14.9. The van der Waals surface area contributed by atoms with E-state index >= 15 is 0 Å². The van der Waals surface area contributed by atoms with Crippen molar-refractivity contribution in [2.75, 3.05) is 6.26 Å². The smallest absolute Gasteiger partial charge is 0.251 e. The van der Waals surface area contributed by atoms with Gasteiger partial charge >= 0.3 is 0 Å². The highest BCUT2D eigenvalue weighted by molar-refractivity contribution is 8.13. The van der Waals surface area contributed by atoms with Crippen molar-refractivity contribution in [2.24, 2.45) is 28.7 Å². The van der Waals surface area contributed by atoms with E-state index in [1.807, 2.05) is 36.7 Å². The summed E-state index contributed by atoms with van der Waals surface area (Å²) in [5, 5.41) is 15.1. The lowest BCUT2D eigenvalue weighted by molar-refractivity contribution is -0.0119. The van der Waals surface area contributed by atoms with Crippen LogP contribution in [-0.4, -0.2) is 23.4 Å². The third kappa shape index (κ3) is 3.45. The predicted octanol–water partition coefficient (Wildman–Crippen LogP) is 3.66. The topological polar surface area (TPSA) is 77.3 Å². The van der Waals surface area contributed by atoms with Crippen molar-refractivity contribution in [3.05, 3.63) is 29.8 Å². The van der Waals surface area contributed by atoms with Gasteiger partial charge in [-0.3, -0.25) is 10.1 Å². The second-order valence-electron chi connectivity index (χ2n) is 7.83.